The highest BCUT2D eigenvalue weighted by Crippen LogP contribution is 2.27. The second kappa shape index (κ2) is 9.28. The van der Waals surface area contributed by atoms with Crippen molar-refractivity contribution in [1.82, 2.24) is 0 Å². The van der Waals surface area contributed by atoms with Crippen LogP contribution in [0.4, 0.5) is 10.1 Å². The van der Waals surface area contributed by atoms with Crippen LogP contribution in [0.5, 0.6) is 11.5 Å². The van der Waals surface area contributed by atoms with Gasteiger partial charge in [0.25, 0.3) is 0 Å². The Morgan fingerprint density at radius 1 is 0.963 bits per heavy atom. The van der Waals surface area contributed by atoms with Gasteiger partial charge >= 0.3 is 0 Å². The van der Waals surface area contributed by atoms with Gasteiger partial charge in [-0.25, -0.2) is 4.39 Å². The largest absolute Gasteiger partial charge is 0.494 e. The maximum absolute atomic E-state index is 13.7. The second-order valence-electron chi connectivity index (χ2n) is 5.96. The van der Waals surface area contributed by atoms with E-state index in [4.69, 9.17) is 21.1 Å². The topological polar surface area (TPSA) is 30.5 Å². The van der Waals surface area contributed by atoms with E-state index in [1.807, 2.05) is 43.3 Å². The Morgan fingerprint density at radius 3 is 2.44 bits per heavy atom. The molecule has 0 aliphatic carbocycles. The minimum Gasteiger partial charge on any atom is -0.494 e. The summed E-state index contributed by atoms with van der Waals surface area (Å²) in [4.78, 5) is 0. The zero-order valence-corrected chi connectivity index (χ0v) is 15.8. The fourth-order valence-electron chi connectivity index (χ4n) is 2.58. The molecule has 1 N–H and O–H groups in total. The highest BCUT2D eigenvalue weighted by Gasteiger charge is 2.06. The molecule has 0 aliphatic rings. The first kappa shape index (κ1) is 19.1. The Bertz CT molecular complexity index is 884. The van der Waals surface area contributed by atoms with E-state index < -0.39 is 0 Å². The molecule has 0 unspecified atom stereocenters. The van der Waals surface area contributed by atoms with Crippen molar-refractivity contribution in [1.29, 1.82) is 0 Å². The van der Waals surface area contributed by atoms with Crippen molar-refractivity contribution in [3.05, 3.63) is 88.7 Å². The summed E-state index contributed by atoms with van der Waals surface area (Å²) in [6.45, 7) is 3.37. The summed E-state index contributed by atoms with van der Waals surface area (Å²) >= 11 is 6.31. The highest BCUT2D eigenvalue weighted by atomic mass is 35.5. The van der Waals surface area contributed by atoms with E-state index in [1.54, 1.807) is 24.3 Å². The summed E-state index contributed by atoms with van der Waals surface area (Å²) < 4.78 is 24.7. The number of ether oxygens (including phenoxy) is 2. The number of hydrogen-bond donors (Lipinski definition) is 1. The fourth-order valence-corrected chi connectivity index (χ4v) is 2.84. The van der Waals surface area contributed by atoms with E-state index in [1.165, 1.54) is 6.07 Å². The molecule has 5 heteroatoms. The monoisotopic (exact) mass is 385 g/mol. The Balaban J connectivity index is 1.57. The van der Waals surface area contributed by atoms with E-state index >= 15 is 0 Å². The van der Waals surface area contributed by atoms with Crippen LogP contribution in [-0.2, 0) is 13.2 Å². The number of hydrogen-bond acceptors (Lipinski definition) is 3. The van der Waals surface area contributed by atoms with Crippen molar-refractivity contribution in [2.45, 2.75) is 20.1 Å². The molecule has 27 heavy (non-hydrogen) atoms. The molecule has 0 amide bonds. The van der Waals surface area contributed by atoms with Gasteiger partial charge in [0.05, 0.1) is 11.6 Å². The normalized spacial score (nSPS) is 10.5. The smallest absolute Gasteiger partial charge is 0.138 e. The third-order valence-electron chi connectivity index (χ3n) is 4.00. The van der Waals surface area contributed by atoms with Crippen molar-refractivity contribution < 1.29 is 13.9 Å². The molecule has 0 fully saturated rings. The number of halogens is 2. The molecule has 0 saturated carbocycles. The van der Waals surface area contributed by atoms with Crippen LogP contribution in [0.25, 0.3) is 0 Å². The van der Waals surface area contributed by atoms with Crippen molar-refractivity contribution >= 4 is 17.3 Å². The van der Waals surface area contributed by atoms with Crippen molar-refractivity contribution in [2.75, 3.05) is 11.9 Å². The number of rotatable bonds is 8. The molecule has 3 aromatic carbocycles. The van der Waals surface area contributed by atoms with Crippen LogP contribution in [0.3, 0.4) is 0 Å². The Labute approximate surface area is 163 Å². The average molecular weight is 386 g/mol. The van der Waals surface area contributed by atoms with E-state index in [0.29, 0.717) is 29.5 Å². The molecular weight excluding hydrogens is 365 g/mol. The first-order valence-electron chi connectivity index (χ1n) is 8.77. The van der Waals surface area contributed by atoms with Crippen molar-refractivity contribution in [2.24, 2.45) is 0 Å². The molecule has 3 aromatic rings. The molecule has 3 nitrogen and oxygen atoms in total. The predicted octanol–water partition coefficient (Wildman–Crippen LogP) is 6.07. The molecule has 0 saturated heterocycles. The molecule has 0 radical (unpaired) electrons. The summed E-state index contributed by atoms with van der Waals surface area (Å²) in [5, 5.41) is 3.84. The van der Waals surface area contributed by atoms with E-state index in [-0.39, 0.29) is 12.4 Å². The average Bonchev–Trinajstić information content (AvgIpc) is 2.68. The first-order valence-corrected chi connectivity index (χ1v) is 9.15. The Kier molecular flexibility index (Phi) is 6.55. The lowest BCUT2D eigenvalue weighted by Gasteiger charge is -2.11. The zero-order chi connectivity index (χ0) is 19.1. The number of benzene rings is 3. The Morgan fingerprint density at radius 2 is 1.74 bits per heavy atom. The first-order chi connectivity index (χ1) is 13.2. The van der Waals surface area contributed by atoms with Crippen molar-refractivity contribution in [3.63, 3.8) is 0 Å². The van der Waals surface area contributed by atoms with Gasteiger partial charge in [0, 0.05) is 17.8 Å². The summed E-state index contributed by atoms with van der Waals surface area (Å²) in [6.07, 6.45) is 0. The summed E-state index contributed by atoms with van der Waals surface area (Å²) in [7, 11) is 0. The highest BCUT2D eigenvalue weighted by molar-refractivity contribution is 6.32. The molecule has 0 aliphatic heterocycles. The number of anilines is 1. The minimum absolute atomic E-state index is 0.135. The molecule has 0 aromatic heterocycles. The van der Waals surface area contributed by atoms with Crippen LogP contribution in [0.1, 0.15) is 18.1 Å². The van der Waals surface area contributed by atoms with E-state index in [2.05, 4.69) is 5.32 Å². The summed E-state index contributed by atoms with van der Waals surface area (Å²) in [5.41, 5.74) is 2.51. The lowest BCUT2D eigenvalue weighted by atomic mass is 10.2. The molecule has 0 bridgehead atoms. The van der Waals surface area contributed by atoms with Gasteiger partial charge in [-0.2, -0.15) is 0 Å². The van der Waals surface area contributed by atoms with Crippen LogP contribution < -0.4 is 14.8 Å². The molecule has 0 spiro atoms. The van der Waals surface area contributed by atoms with Crippen LogP contribution >= 0.6 is 11.6 Å². The molecule has 0 heterocycles. The summed E-state index contributed by atoms with van der Waals surface area (Å²) in [5.74, 6) is 1.09. The zero-order valence-electron chi connectivity index (χ0n) is 15.0. The lowest BCUT2D eigenvalue weighted by molar-refractivity contribution is 0.300. The predicted molar refractivity (Wildman–Crippen MR) is 107 cm³/mol. The quantitative estimate of drug-likeness (QED) is 0.510. The fraction of sp³-hybridized carbons (Fsp3) is 0.182. The van der Waals surface area contributed by atoms with Crippen molar-refractivity contribution in [3.8, 4) is 11.5 Å². The standard InChI is InChI=1S/C22H21ClFNO2/c1-2-26-19-10-8-18(9-11-19)25-14-16-7-12-22(20(23)13-16)27-15-17-5-3-4-6-21(17)24/h3-13,25H,2,14-15H2,1H3. The second-order valence-corrected chi connectivity index (χ2v) is 6.36. The van der Waals surface area contributed by atoms with Crippen LogP contribution in [-0.4, -0.2) is 6.61 Å². The van der Waals surface area contributed by atoms with Gasteiger partial charge in [-0.3, -0.25) is 0 Å². The minimum atomic E-state index is -0.287. The molecule has 0 atom stereocenters. The van der Waals surface area contributed by atoms with Gasteiger partial charge < -0.3 is 14.8 Å². The van der Waals surface area contributed by atoms with Crippen LogP contribution in [0.15, 0.2) is 66.7 Å². The summed E-state index contributed by atoms with van der Waals surface area (Å²) in [6, 6.07) is 19.9. The maximum atomic E-state index is 13.7. The van der Waals surface area contributed by atoms with Gasteiger partial charge in [-0.1, -0.05) is 35.9 Å². The molecule has 3 rings (SSSR count). The van der Waals surface area contributed by atoms with Gasteiger partial charge in [0.1, 0.15) is 23.9 Å². The lowest BCUT2D eigenvalue weighted by Crippen LogP contribution is -2.01. The van der Waals surface area contributed by atoms with Crippen LogP contribution in [0, 0.1) is 5.82 Å². The molecule has 140 valence electrons. The Hall–Kier alpha value is -2.72. The van der Waals surface area contributed by atoms with Gasteiger partial charge in [0.2, 0.25) is 0 Å². The molecular formula is C22H21ClFNO2. The van der Waals surface area contributed by atoms with E-state index in [0.717, 1.165) is 17.0 Å². The SMILES string of the molecule is CCOc1ccc(NCc2ccc(OCc3ccccc3F)c(Cl)c2)cc1. The van der Waals surface area contributed by atoms with Crippen LogP contribution in [0.2, 0.25) is 5.02 Å². The third kappa shape index (κ3) is 5.38. The van der Waals surface area contributed by atoms with Gasteiger partial charge in [-0.15, -0.1) is 0 Å². The van der Waals surface area contributed by atoms with E-state index in [9.17, 15) is 4.39 Å². The third-order valence-corrected chi connectivity index (χ3v) is 4.29. The maximum Gasteiger partial charge on any atom is 0.138 e. The number of nitrogens with one attached hydrogen (secondary N) is 1. The van der Waals surface area contributed by atoms with Gasteiger partial charge in [-0.05, 0) is 55.0 Å². The van der Waals surface area contributed by atoms with Gasteiger partial charge in [0.15, 0.2) is 0 Å².